The van der Waals surface area contributed by atoms with Crippen molar-refractivity contribution in [3.05, 3.63) is 65.7 Å². The number of hydrogen-bond acceptors (Lipinski definition) is 3. The van der Waals surface area contributed by atoms with Gasteiger partial charge in [-0.2, -0.15) is 0 Å². The topological polar surface area (TPSA) is 41.6 Å². The largest absolute Gasteiger partial charge is 0.497 e. The van der Waals surface area contributed by atoms with E-state index in [1.165, 1.54) is 18.4 Å². The number of carbonyl (C=O) groups is 1. The van der Waals surface area contributed by atoms with E-state index in [4.69, 9.17) is 4.74 Å². The average Bonchev–Trinajstić information content (AvgIpc) is 3.37. The molecule has 1 unspecified atom stereocenters. The monoisotopic (exact) mass is 364 g/mol. The third-order valence-electron chi connectivity index (χ3n) is 6.03. The molecule has 1 atom stereocenters. The Bertz CT molecular complexity index is 780. The van der Waals surface area contributed by atoms with Gasteiger partial charge >= 0.3 is 0 Å². The predicted molar refractivity (Wildman–Crippen MR) is 107 cm³/mol. The van der Waals surface area contributed by atoms with Crippen molar-refractivity contribution >= 4 is 5.91 Å². The number of hydrogen-bond donors (Lipinski definition) is 1. The molecule has 142 valence electrons. The van der Waals surface area contributed by atoms with Gasteiger partial charge in [-0.25, -0.2) is 0 Å². The Morgan fingerprint density at radius 1 is 1.11 bits per heavy atom. The highest BCUT2D eigenvalue weighted by Crippen LogP contribution is 2.49. The molecule has 1 aliphatic carbocycles. The number of ether oxygens (including phenoxy) is 1. The lowest BCUT2D eigenvalue weighted by Gasteiger charge is -2.29. The lowest BCUT2D eigenvalue weighted by Crippen LogP contribution is -2.41. The molecular formula is C23H28N2O2. The summed E-state index contributed by atoms with van der Waals surface area (Å²) in [5.74, 6) is 0.960. The summed E-state index contributed by atoms with van der Waals surface area (Å²) in [6.07, 6.45) is 4.30. The van der Waals surface area contributed by atoms with Crippen molar-refractivity contribution in [2.75, 3.05) is 26.7 Å². The SMILES string of the molecule is COc1cccc(C2(C(=O)NCC(c3ccccc3)N3CCCC3)CC2)c1. The van der Waals surface area contributed by atoms with Gasteiger partial charge in [-0.3, -0.25) is 9.69 Å². The number of carbonyl (C=O) groups excluding carboxylic acids is 1. The summed E-state index contributed by atoms with van der Waals surface area (Å²) in [5.41, 5.74) is 1.98. The van der Waals surface area contributed by atoms with Crippen LogP contribution in [0.4, 0.5) is 0 Å². The molecule has 4 rings (SSSR count). The van der Waals surface area contributed by atoms with Crippen LogP contribution in [-0.4, -0.2) is 37.6 Å². The number of amides is 1. The normalized spacial score (nSPS) is 19.4. The molecule has 1 aliphatic heterocycles. The zero-order valence-corrected chi connectivity index (χ0v) is 16.0. The van der Waals surface area contributed by atoms with Crippen LogP contribution in [0.3, 0.4) is 0 Å². The van der Waals surface area contributed by atoms with Crippen LogP contribution in [0.1, 0.15) is 42.9 Å². The smallest absolute Gasteiger partial charge is 0.230 e. The van der Waals surface area contributed by atoms with Gasteiger partial charge in [-0.1, -0.05) is 42.5 Å². The van der Waals surface area contributed by atoms with Crippen molar-refractivity contribution in [2.24, 2.45) is 0 Å². The highest BCUT2D eigenvalue weighted by Gasteiger charge is 2.51. The number of methoxy groups -OCH3 is 1. The third-order valence-corrected chi connectivity index (χ3v) is 6.03. The first-order chi connectivity index (χ1) is 13.2. The summed E-state index contributed by atoms with van der Waals surface area (Å²) in [6.45, 7) is 2.88. The van der Waals surface area contributed by atoms with E-state index in [0.29, 0.717) is 6.54 Å². The Labute approximate surface area is 161 Å². The van der Waals surface area contributed by atoms with Crippen LogP contribution in [0, 0.1) is 0 Å². The number of rotatable bonds is 7. The molecule has 2 aromatic carbocycles. The molecule has 2 aromatic rings. The number of likely N-dealkylation sites (tertiary alicyclic amines) is 1. The summed E-state index contributed by atoms with van der Waals surface area (Å²) < 4.78 is 5.34. The molecule has 0 bridgehead atoms. The molecule has 4 heteroatoms. The zero-order chi connectivity index (χ0) is 18.7. The van der Waals surface area contributed by atoms with Gasteiger partial charge in [0.2, 0.25) is 5.91 Å². The molecule has 1 saturated heterocycles. The Morgan fingerprint density at radius 2 is 1.85 bits per heavy atom. The number of benzene rings is 2. The van der Waals surface area contributed by atoms with Crippen LogP contribution in [0.2, 0.25) is 0 Å². The summed E-state index contributed by atoms with van der Waals surface area (Å²) in [7, 11) is 1.67. The highest BCUT2D eigenvalue weighted by atomic mass is 16.5. The van der Waals surface area contributed by atoms with E-state index in [-0.39, 0.29) is 17.4 Å². The third kappa shape index (κ3) is 3.72. The van der Waals surface area contributed by atoms with Crippen molar-refractivity contribution < 1.29 is 9.53 Å². The maximum atomic E-state index is 13.1. The van der Waals surface area contributed by atoms with Crippen LogP contribution >= 0.6 is 0 Å². The van der Waals surface area contributed by atoms with Crippen molar-refractivity contribution in [3.63, 3.8) is 0 Å². The maximum Gasteiger partial charge on any atom is 0.230 e. The van der Waals surface area contributed by atoms with Crippen LogP contribution in [-0.2, 0) is 10.2 Å². The molecule has 0 radical (unpaired) electrons. The van der Waals surface area contributed by atoms with E-state index in [0.717, 1.165) is 37.2 Å². The van der Waals surface area contributed by atoms with Crippen molar-refractivity contribution in [1.29, 1.82) is 0 Å². The van der Waals surface area contributed by atoms with Crippen LogP contribution in [0.15, 0.2) is 54.6 Å². The van der Waals surface area contributed by atoms with E-state index in [1.54, 1.807) is 7.11 Å². The lowest BCUT2D eigenvalue weighted by molar-refractivity contribution is -0.123. The van der Waals surface area contributed by atoms with Gasteiger partial charge in [-0.05, 0) is 62.0 Å². The van der Waals surface area contributed by atoms with Crippen LogP contribution in [0.25, 0.3) is 0 Å². The Morgan fingerprint density at radius 3 is 2.52 bits per heavy atom. The quantitative estimate of drug-likeness (QED) is 0.815. The van der Waals surface area contributed by atoms with Gasteiger partial charge in [0, 0.05) is 6.54 Å². The average molecular weight is 364 g/mol. The van der Waals surface area contributed by atoms with Gasteiger partial charge in [0.25, 0.3) is 0 Å². The predicted octanol–water partition coefficient (Wildman–Crippen LogP) is 3.68. The fourth-order valence-electron chi connectivity index (χ4n) is 4.24. The number of nitrogens with one attached hydrogen (secondary N) is 1. The van der Waals surface area contributed by atoms with Crippen LogP contribution < -0.4 is 10.1 Å². The van der Waals surface area contributed by atoms with Crippen molar-refractivity contribution in [2.45, 2.75) is 37.1 Å². The van der Waals surface area contributed by atoms with E-state index < -0.39 is 0 Å². The molecule has 1 amide bonds. The number of nitrogens with zero attached hydrogens (tertiary/aromatic N) is 1. The van der Waals surface area contributed by atoms with E-state index >= 15 is 0 Å². The molecule has 2 fully saturated rings. The molecular weight excluding hydrogens is 336 g/mol. The minimum Gasteiger partial charge on any atom is -0.497 e. The summed E-state index contributed by atoms with van der Waals surface area (Å²) in [6, 6.07) is 18.7. The van der Waals surface area contributed by atoms with Crippen molar-refractivity contribution in [1.82, 2.24) is 10.2 Å². The molecule has 1 N–H and O–H groups in total. The fraction of sp³-hybridized carbons (Fsp3) is 0.435. The molecule has 4 nitrogen and oxygen atoms in total. The van der Waals surface area contributed by atoms with E-state index in [9.17, 15) is 4.79 Å². The molecule has 1 heterocycles. The molecule has 1 saturated carbocycles. The lowest BCUT2D eigenvalue weighted by atomic mass is 9.94. The minimum atomic E-state index is -0.374. The molecule has 0 aromatic heterocycles. The fourth-order valence-corrected chi connectivity index (χ4v) is 4.24. The second-order valence-corrected chi connectivity index (χ2v) is 7.69. The van der Waals surface area contributed by atoms with Crippen molar-refractivity contribution in [3.8, 4) is 5.75 Å². The molecule has 27 heavy (non-hydrogen) atoms. The van der Waals surface area contributed by atoms with Gasteiger partial charge in [0.1, 0.15) is 5.75 Å². The second-order valence-electron chi connectivity index (χ2n) is 7.69. The zero-order valence-electron chi connectivity index (χ0n) is 16.0. The Kier molecular flexibility index (Phi) is 5.17. The maximum absolute atomic E-state index is 13.1. The first kappa shape index (κ1) is 18.1. The highest BCUT2D eigenvalue weighted by molar-refractivity contribution is 5.91. The Hall–Kier alpha value is -2.33. The summed E-state index contributed by atoms with van der Waals surface area (Å²) >= 11 is 0. The standard InChI is InChI=1S/C23H28N2O2/c1-27-20-11-7-10-19(16-20)23(12-13-23)22(26)24-17-21(25-14-5-6-15-25)18-8-3-2-4-9-18/h2-4,7-11,16,21H,5-6,12-15,17H2,1H3,(H,24,26). The van der Waals surface area contributed by atoms with E-state index in [2.05, 4.69) is 34.5 Å². The summed E-state index contributed by atoms with van der Waals surface area (Å²) in [5, 5.41) is 3.28. The Balaban J connectivity index is 1.48. The summed E-state index contributed by atoms with van der Waals surface area (Å²) in [4.78, 5) is 15.6. The van der Waals surface area contributed by atoms with E-state index in [1.807, 2.05) is 30.3 Å². The molecule has 0 spiro atoms. The first-order valence-corrected chi connectivity index (χ1v) is 9.95. The molecule has 2 aliphatic rings. The van der Waals surface area contributed by atoms with Crippen LogP contribution in [0.5, 0.6) is 5.75 Å². The minimum absolute atomic E-state index is 0.149. The van der Waals surface area contributed by atoms with Gasteiger partial charge in [0.15, 0.2) is 0 Å². The van der Waals surface area contributed by atoms with Gasteiger partial charge in [-0.15, -0.1) is 0 Å². The van der Waals surface area contributed by atoms with Gasteiger partial charge in [0.05, 0.1) is 18.6 Å². The first-order valence-electron chi connectivity index (χ1n) is 9.95. The second kappa shape index (κ2) is 7.73. The van der Waals surface area contributed by atoms with Gasteiger partial charge < -0.3 is 10.1 Å².